The number of benzene rings is 3. The molecule has 0 saturated heterocycles. The van der Waals surface area contributed by atoms with Crippen LogP contribution in [0.15, 0.2) is 60.7 Å². The first-order valence-corrected chi connectivity index (χ1v) is 9.59. The van der Waals surface area contributed by atoms with Crippen LogP contribution >= 0.6 is 0 Å². The van der Waals surface area contributed by atoms with Crippen LogP contribution in [0.1, 0.15) is 34.0 Å². The molecule has 150 valence electrons. The minimum Gasteiger partial charge on any atom is -0.507 e. The van der Waals surface area contributed by atoms with Gasteiger partial charge in [0, 0.05) is 17.3 Å². The predicted molar refractivity (Wildman–Crippen MR) is 108 cm³/mol. The molecule has 6 heteroatoms. The zero-order valence-electron chi connectivity index (χ0n) is 16.2. The summed E-state index contributed by atoms with van der Waals surface area (Å²) in [4.78, 5) is 27.5. The molecule has 1 atom stereocenters. The van der Waals surface area contributed by atoms with Gasteiger partial charge in [-0.2, -0.15) is 0 Å². The van der Waals surface area contributed by atoms with Gasteiger partial charge in [-0.3, -0.25) is 9.59 Å². The van der Waals surface area contributed by atoms with Crippen LogP contribution in [-0.4, -0.2) is 23.4 Å². The molecule has 1 unspecified atom stereocenters. The number of ether oxygens (including phenoxy) is 1. The molecule has 1 amide bonds. The lowest BCUT2D eigenvalue weighted by Crippen LogP contribution is -2.42. The first-order valence-electron chi connectivity index (χ1n) is 9.59. The van der Waals surface area contributed by atoms with Gasteiger partial charge in [0.25, 0.3) is 0 Å². The minimum absolute atomic E-state index is 0.0822. The molecule has 0 radical (unpaired) electrons. The highest BCUT2D eigenvalue weighted by molar-refractivity contribution is 6.12. The SMILES string of the molecule is CC(=O)c1cc2c(cc1O)OCC21C(=O)N(Cc2ccc(F)cc2)c2ccccc21. The number of rotatable bonds is 3. The number of carbonyl (C=O) groups is 2. The van der Waals surface area contributed by atoms with E-state index in [1.807, 2.05) is 24.3 Å². The fourth-order valence-corrected chi connectivity index (χ4v) is 4.42. The number of nitrogens with zero attached hydrogens (tertiary/aromatic N) is 1. The number of hydrogen-bond acceptors (Lipinski definition) is 4. The van der Waals surface area contributed by atoms with Crippen LogP contribution in [0.5, 0.6) is 11.5 Å². The van der Waals surface area contributed by atoms with E-state index in [0.29, 0.717) is 11.3 Å². The molecule has 0 aromatic heterocycles. The van der Waals surface area contributed by atoms with Gasteiger partial charge in [-0.05, 0) is 42.3 Å². The van der Waals surface area contributed by atoms with Gasteiger partial charge in [0.05, 0.1) is 12.1 Å². The average molecular weight is 403 g/mol. The second kappa shape index (κ2) is 6.42. The number of phenols is 1. The highest BCUT2D eigenvalue weighted by Crippen LogP contribution is 2.53. The topological polar surface area (TPSA) is 66.8 Å². The molecular formula is C24H18FNO4. The zero-order valence-corrected chi connectivity index (χ0v) is 16.2. The largest absolute Gasteiger partial charge is 0.507 e. The molecule has 3 aromatic rings. The molecule has 5 rings (SSSR count). The zero-order chi connectivity index (χ0) is 21.0. The Morgan fingerprint density at radius 1 is 1.13 bits per heavy atom. The van der Waals surface area contributed by atoms with Crippen LogP contribution in [-0.2, 0) is 16.8 Å². The third-order valence-electron chi connectivity index (χ3n) is 5.90. The van der Waals surface area contributed by atoms with Gasteiger partial charge in [0.1, 0.15) is 29.3 Å². The van der Waals surface area contributed by atoms with Gasteiger partial charge in [0.2, 0.25) is 5.91 Å². The van der Waals surface area contributed by atoms with Gasteiger partial charge < -0.3 is 14.7 Å². The molecule has 1 N–H and O–H groups in total. The summed E-state index contributed by atoms with van der Waals surface area (Å²) >= 11 is 0. The summed E-state index contributed by atoms with van der Waals surface area (Å²) in [6, 6.07) is 16.5. The summed E-state index contributed by atoms with van der Waals surface area (Å²) in [5, 5.41) is 10.2. The predicted octanol–water partition coefficient (Wildman–Crippen LogP) is 3.96. The van der Waals surface area contributed by atoms with E-state index in [-0.39, 0.29) is 42.0 Å². The van der Waals surface area contributed by atoms with Crippen molar-refractivity contribution < 1.29 is 23.8 Å². The van der Waals surface area contributed by atoms with Crippen molar-refractivity contribution in [1.82, 2.24) is 0 Å². The number of phenolic OH excluding ortho intramolecular Hbond substituents is 1. The van der Waals surface area contributed by atoms with Crippen LogP contribution in [0.3, 0.4) is 0 Å². The fraction of sp³-hybridized carbons (Fsp3) is 0.167. The summed E-state index contributed by atoms with van der Waals surface area (Å²) in [7, 11) is 0. The van der Waals surface area contributed by atoms with Crippen molar-refractivity contribution in [2.24, 2.45) is 0 Å². The van der Waals surface area contributed by atoms with E-state index >= 15 is 0 Å². The lowest BCUT2D eigenvalue weighted by Gasteiger charge is -2.23. The number of para-hydroxylation sites is 1. The van der Waals surface area contributed by atoms with Crippen molar-refractivity contribution in [1.29, 1.82) is 0 Å². The molecule has 3 aromatic carbocycles. The highest BCUT2D eigenvalue weighted by atomic mass is 19.1. The maximum absolute atomic E-state index is 13.8. The first-order chi connectivity index (χ1) is 14.4. The van der Waals surface area contributed by atoms with Gasteiger partial charge in [-0.25, -0.2) is 4.39 Å². The summed E-state index contributed by atoms with van der Waals surface area (Å²) in [6.07, 6.45) is 0. The molecule has 0 fully saturated rings. The van der Waals surface area contributed by atoms with E-state index in [2.05, 4.69) is 0 Å². The molecule has 0 aliphatic carbocycles. The Hall–Kier alpha value is -3.67. The number of aromatic hydroxyl groups is 1. The van der Waals surface area contributed by atoms with Crippen LogP contribution in [0.25, 0.3) is 0 Å². The lowest BCUT2D eigenvalue weighted by atomic mass is 9.76. The highest BCUT2D eigenvalue weighted by Gasteiger charge is 2.57. The molecule has 2 heterocycles. The van der Waals surface area contributed by atoms with E-state index in [0.717, 1.165) is 16.8 Å². The van der Waals surface area contributed by atoms with Crippen LogP contribution in [0.2, 0.25) is 0 Å². The summed E-state index contributed by atoms with van der Waals surface area (Å²) in [5.74, 6) is -0.575. The van der Waals surface area contributed by atoms with Crippen LogP contribution in [0, 0.1) is 5.82 Å². The number of anilines is 1. The summed E-state index contributed by atoms with van der Waals surface area (Å²) < 4.78 is 19.1. The normalized spacial score (nSPS) is 19.0. The van der Waals surface area contributed by atoms with Gasteiger partial charge >= 0.3 is 0 Å². The third kappa shape index (κ3) is 2.46. The fourth-order valence-electron chi connectivity index (χ4n) is 4.42. The number of amides is 1. The van der Waals surface area contributed by atoms with E-state index < -0.39 is 5.41 Å². The first kappa shape index (κ1) is 18.4. The molecule has 30 heavy (non-hydrogen) atoms. The Bertz CT molecular complexity index is 1200. The quantitative estimate of drug-likeness (QED) is 0.673. The number of ketones is 1. The molecule has 1 spiro atoms. The number of fused-ring (bicyclic) bond motifs is 4. The Morgan fingerprint density at radius 3 is 2.60 bits per heavy atom. The Balaban J connectivity index is 1.66. The second-order valence-electron chi connectivity index (χ2n) is 7.65. The van der Waals surface area contributed by atoms with Crippen molar-refractivity contribution in [2.75, 3.05) is 11.5 Å². The van der Waals surface area contributed by atoms with Gasteiger partial charge in [-0.1, -0.05) is 30.3 Å². The lowest BCUT2D eigenvalue weighted by molar-refractivity contribution is -0.122. The maximum Gasteiger partial charge on any atom is 0.246 e. The second-order valence-corrected chi connectivity index (χ2v) is 7.65. The van der Waals surface area contributed by atoms with E-state index in [9.17, 15) is 19.1 Å². The number of Topliss-reactive ketones (excluding diaryl/α,β-unsaturated/α-hetero) is 1. The monoisotopic (exact) mass is 403 g/mol. The summed E-state index contributed by atoms with van der Waals surface area (Å²) in [5.41, 5.74) is 1.97. The molecule has 0 bridgehead atoms. The molecule has 5 nitrogen and oxygen atoms in total. The average Bonchev–Trinajstić information content (AvgIpc) is 3.21. The smallest absolute Gasteiger partial charge is 0.246 e. The van der Waals surface area contributed by atoms with Crippen molar-refractivity contribution in [3.63, 3.8) is 0 Å². The maximum atomic E-state index is 13.8. The third-order valence-corrected chi connectivity index (χ3v) is 5.90. The Morgan fingerprint density at radius 2 is 1.87 bits per heavy atom. The van der Waals surface area contributed by atoms with E-state index in [1.54, 1.807) is 23.1 Å². The standard InChI is InChI=1S/C24H18FNO4/c1-14(27)17-10-19-22(11-21(17)28)30-13-24(19)18-4-2-3-5-20(18)26(23(24)29)12-15-6-8-16(25)9-7-15/h2-11,28H,12-13H2,1H3. The number of hydrogen-bond donors (Lipinski definition) is 1. The van der Waals surface area contributed by atoms with E-state index in [4.69, 9.17) is 4.74 Å². The number of carbonyl (C=O) groups excluding carboxylic acids is 2. The Labute approximate surface area is 172 Å². The van der Waals surface area contributed by atoms with Crippen molar-refractivity contribution in [3.8, 4) is 11.5 Å². The number of halogens is 1. The van der Waals surface area contributed by atoms with Crippen molar-refractivity contribution in [2.45, 2.75) is 18.9 Å². The minimum atomic E-state index is -1.09. The van der Waals surface area contributed by atoms with Gasteiger partial charge in [0.15, 0.2) is 5.78 Å². The van der Waals surface area contributed by atoms with Crippen molar-refractivity contribution >= 4 is 17.4 Å². The molecule has 0 saturated carbocycles. The van der Waals surface area contributed by atoms with Gasteiger partial charge in [-0.15, -0.1) is 0 Å². The molecular weight excluding hydrogens is 385 g/mol. The molecule has 2 aliphatic heterocycles. The summed E-state index contributed by atoms with van der Waals surface area (Å²) in [6.45, 7) is 1.74. The van der Waals surface area contributed by atoms with Crippen molar-refractivity contribution in [3.05, 3.63) is 88.7 Å². The van der Waals surface area contributed by atoms with Crippen LogP contribution < -0.4 is 9.64 Å². The van der Waals surface area contributed by atoms with Crippen LogP contribution in [0.4, 0.5) is 10.1 Å². The molecule has 2 aliphatic rings. The van der Waals surface area contributed by atoms with E-state index in [1.165, 1.54) is 25.1 Å². The Kier molecular flexibility index (Phi) is 3.93.